The van der Waals surface area contributed by atoms with E-state index in [4.69, 9.17) is 0 Å². The second-order valence-electron chi connectivity index (χ2n) is 4.37. The Balaban J connectivity index is 2.49. The fourth-order valence-corrected chi connectivity index (χ4v) is 2.58. The van der Waals surface area contributed by atoms with Crippen molar-refractivity contribution < 1.29 is 4.39 Å². The van der Waals surface area contributed by atoms with Crippen molar-refractivity contribution in [3.8, 4) is 11.3 Å². The summed E-state index contributed by atoms with van der Waals surface area (Å²) < 4.78 is 16.1. The lowest BCUT2D eigenvalue weighted by Gasteiger charge is -2.14. The van der Waals surface area contributed by atoms with E-state index in [2.05, 4.69) is 38.5 Å². The quantitative estimate of drug-likeness (QED) is 0.939. The molecule has 1 atom stereocenters. The van der Waals surface area contributed by atoms with Gasteiger partial charge in [-0.25, -0.2) is 9.07 Å². The number of rotatable bonds is 4. The van der Waals surface area contributed by atoms with Gasteiger partial charge in [0.15, 0.2) is 4.60 Å². The van der Waals surface area contributed by atoms with Crippen molar-refractivity contribution in [3.05, 3.63) is 34.2 Å². The first-order chi connectivity index (χ1) is 9.04. The van der Waals surface area contributed by atoms with Crippen LogP contribution >= 0.6 is 15.9 Å². The topological polar surface area (TPSA) is 42.7 Å². The van der Waals surface area contributed by atoms with Gasteiger partial charge in [0.05, 0.1) is 0 Å². The van der Waals surface area contributed by atoms with Gasteiger partial charge < -0.3 is 5.32 Å². The van der Waals surface area contributed by atoms with E-state index >= 15 is 0 Å². The van der Waals surface area contributed by atoms with Crippen LogP contribution in [0.2, 0.25) is 0 Å². The average molecular weight is 327 g/mol. The molecule has 2 rings (SSSR count). The van der Waals surface area contributed by atoms with Crippen molar-refractivity contribution in [3.63, 3.8) is 0 Å². The van der Waals surface area contributed by atoms with Crippen molar-refractivity contribution in [2.45, 2.75) is 19.9 Å². The molecule has 1 heterocycles. The van der Waals surface area contributed by atoms with Crippen LogP contribution in [0, 0.1) is 5.82 Å². The van der Waals surface area contributed by atoms with Crippen molar-refractivity contribution in [2.24, 2.45) is 7.05 Å². The molecule has 102 valence electrons. The largest absolute Gasteiger partial charge is 0.310 e. The summed E-state index contributed by atoms with van der Waals surface area (Å²) in [5.74, 6) is -0.279. The minimum absolute atomic E-state index is 0.171. The first kappa shape index (κ1) is 14.1. The highest BCUT2D eigenvalue weighted by Gasteiger charge is 2.16. The predicted octanol–water partition coefficient (Wildman–Crippen LogP) is 3.05. The fraction of sp³-hybridized carbons (Fsp3) is 0.385. The summed E-state index contributed by atoms with van der Waals surface area (Å²) in [6, 6.07) is 5.29. The highest BCUT2D eigenvalue weighted by molar-refractivity contribution is 9.10. The number of nitrogens with one attached hydrogen (secondary N) is 1. The molecule has 4 nitrogen and oxygen atoms in total. The molecular formula is C13H16BrFN4. The fourth-order valence-electron chi connectivity index (χ4n) is 2.04. The SMILES string of the molecule is CCNC(C)c1ccc(F)c(-c2c(Br)nnn2C)c1. The van der Waals surface area contributed by atoms with E-state index < -0.39 is 0 Å². The van der Waals surface area contributed by atoms with Gasteiger partial charge in [0.1, 0.15) is 11.5 Å². The van der Waals surface area contributed by atoms with Crippen LogP contribution in [-0.4, -0.2) is 21.5 Å². The third-order valence-corrected chi connectivity index (χ3v) is 3.58. The van der Waals surface area contributed by atoms with Crippen molar-refractivity contribution in [2.75, 3.05) is 6.54 Å². The van der Waals surface area contributed by atoms with Crippen LogP contribution in [0.3, 0.4) is 0 Å². The third-order valence-electron chi connectivity index (χ3n) is 3.04. The Morgan fingerprint density at radius 2 is 2.21 bits per heavy atom. The van der Waals surface area contributed by atoms with E-state index in [1.807, 2.05) is 13.0 Å². The highest BCUT2D eigenvalue weighted by atomic mass is 79.9. The molecule has 0 spiro atoms. The van der Waals surface area contributed by atoms with Gasteiger partial charge in [0.2, 0.25) is 0 Å². The van der Waals surface area contributed by atoms with Gasteiger partial charge in [-0.15, -0.1) is 5.10 Å². The van der Waals surface area contributed by atoms with Gasteiger partial charge >= 0.3 is 0 Å². The Hall–Kier alpha value is -1.27. The van der Waals surface area contributed by atoms with E-state index in [9.17, 15) is 4.39 Å². The summed E-state index contributed by atoms with van der Waals surface area (Å²) >= 11 is 3.30. The zero-order valence-corrected chi connectivity index (χ0v) is 12.7. The first-order valence-corrected chi connectivity index (χ1v) is 6.92. The molecule has 6 heteroatoms. The third kappa shape index (κ3) is 2.84. The van der Waals surface area contributed by atoms with Crippen molar-refractivity contribution in [1.82, 2.24) is 20.3 Å². The maximum Gasteiger partial charge on any atom is 0.156 e. The lowest BCUT2D eigenvalue weighted by molar-refractivity contribution is 0.592. The molecule has 0 saturated carbocycles. The number of nitrogens with zero attached hydrogens (tertiary/aromatic N) is 3. The minimum Gasteiger partial charge on any atom is -0.310 e. The first-order valence-electron chi connectivity index (χ1n) is 6.13. The molecule has 0 fully saturated rings. The molecule has 0 saturated heterocycles. The van der Waals surface area contributed by atoms with Gasteiger partial charge in [-0.05, 0) is 47.1 Å². The summed E-state index contributed by atoms with van der Waals surface area (Å²) in [7, 11) is 1.74. The van der Waals surface area contributed by atoms with Gasteiger partial charge in [-0.1, -0.05) is 18.2 Å². The molecule has 1 N–H and O–H groups in total. The minimum atomic E-state index is -0.279. The number of halogens is 2. The Labute approximate surface area is 120 Å². The summed E-state index contributed by atoms with van der Waals surface area (Å²) in [5.41, 5.74) is 2.18. The maximum atomic E-state index is 14.0. The number of aromatic nitrogens is 3. The molecule has 2 aromatic rings. The van der Waals surface area contributed by atoms with Crippen LogP contribution in [0.4, 0.5) is 4.39 Å². The highest BCUT2D eigenvalue weighted by Crippen LogP contribution is 2.30. The van der Waals surface area contributed by atoms with E-state index in [0.29, 0.717) is 15.9 Å². The lowest BCUT2D eigenvalue weighted by Crippen LogP contribution is -2.17. The Morgan fingerprint density at radius 1 is 1.47 bits per heavy atom. The van der Waals surface area contributed by atoms with Gasteiger partial charge in [0.25, 0.3) is 0 Å². The predicted molar refractivity (Wildman–Crippen MR) is 76.2 cm³/mol. The molecule has 0 radical (unpaired) electrons. The number of aryl methyl sites for hydroxylation is 1. The van der Waals surface area contributed by atoms with Crippen LogP contribution in [0.25, 0.3) is 11.3 Å². The van der Waals surface area contributed by atoms with E-state index in [1.54, 1.807) is 17.8 Å². The van der Waals surface area contributed by atoms with Crippen molar-refractivity contribution in [1.29, 1.82) is 0 Å². The molecule has 0 bridgehead atoms. The van der Waals surface area contributed by atoms with Crippen LogP contribution in [0.15, 0.2) is 22.8 Å². The number of hydrogen-bond acceptors (Lipinski definition) is 3. The summed E-state index contributed by atoms with van der Waals surface area (Å²) in [6.07, 6.45) is 0. The zero-order valence-electron chi connectivity index (χ0n) is 11.1. The standard InChI is InChI=1S/C13H16BrFN4/c1-4-16-8(2)9-5-6-11(15)10(7-9)12-13(14)17-18-19(12)3/h5-8,16H,4H2,1-3H3. The van der Waals surface area contributed by atoms with Crippen molar-refractivity contribution >= 4 is 15.9 Å². The molecule has 0 aliphatic rings. The summed E-state index contributed by atoms with van der Waals surface area (Å²) in [4.78, 5) is 0. The number of hydrogen-bond donors (Lipinski definition) is 1. The van der Waals surface area contributed by atoms with Crippen LogP contribution in [0.5, 0.6) is 0 Å². The molecule has 0 amide bonds. The Bertz CT molecular complexity index is 563. The van der Waals surface area contributed by atoms with Gasteiger partial charge in [-0.3, -0.25) is 0 Å². The summed E-state index contributed by atoms with van der Waals surface area (Å²) in [6.45, 7) is 4.96. The summed E-state index contributed by atoms with van der Waals surface area (Å²) in [5, 5.41) is 11.1. The number of benzene rings is 1. The van der Waals surface area contributed by atoms with E-state index in [0.717, 1.165) is 12.1 Å². The Morgan fingerprint density at radius 3 is 2.79 bits per heavy atom. The monoisotopic (exact) mass is 326 g/mol. The molecule has 1 aromatic heterocycles. The second kappa shape index (κ2) is 5.79. The normalized spacial score (nSPS) is 12.7. The van der Waals surface area contributed by atoms with Crippen LogP contribution in [0.1, 0.15) is 25.5 Å². The zero-order chi connectivity index (χ0) is 14.0. The molecule has 19 heavy (non-hydrogen) atoms. The average Bonchev–Trinajstić information content (AvgIpc) is 2.70. The second-order valence-corrected chi connectivity index (χ2v) is 5.12. The maximum absolute atomic E-state index is 14.0. The molecule has 1 aromatic carbocycles. The molecule has 0 aliphatic carbocycles. The van der Waals surface area contributed by atoms with Gasteiger partial charge in [0, 0.05) is 18.7 Å². The smallest absolute Gasteiger partial charge is 0.156 e. The molecule has 0 aliphatic heterocycles. The lowest BCUT2D eigenvalue weighted by atomic mass is 10.0. The van der Waals surface area contributed by atoms with Crippen LogP contribution in [-0.2, 0) is 7.05 Å². The van der Waals surface area contributed by atoms with E-state index in [-0.39, 0.29) is 11.9 Å². The molecular weight excluding hydrogens is 311 g/mol. The van der Waals surface area contributed by atoms with Crippen LogP contribution < -0.4 is 5.32 Å². The van der Waals surface area contributed by atoms with E-state index in [1.165, 1.54) is 6.07 Å². The van der Waals surface area contributed by atoms with Gasteiger partial charge in [-0.2, -0.15) is 0 Å². The Kier molecular flexibility index (Phi) is 4.31. The molecule has 1 unspecified atom stereocenters.